The molecule has 2 saturated heterocycles. The number of ether oxygens (including phenoxy) is 3. The molecule has 0 radical (unpaired) electrons. The summed E-state index contributed by atoms with van der Waals surface area (Å²) in [6.07, 6.45) is 1.18. The fourth-order valence-electron chi connectivity index (χ4n) is 5.86. The third-order valence-electron chi connectivity index (χ3n) is 8.18. The number of piperazine rings is 1. The summed E-state index contributed by atoms with van der Waals surface area (Å²) in [5.41, 5.74) is 3.60. The molecule has 0 aliphatic carbocycles. The molecule has 3 aromatic rings. The topological polar surface area (TPSA) is 51.2 Å². The number of hydrogen-bond acceptors (Lipinski definition) is 5. The lowest BCUT2D eigenvalue weighted by Gasteiger charge is -2.39. The number of benzene rings is 3. The molecule has 39 heavy (non-hydrogen) atoms. The van der Waals surface area contributed by atoms with Gasteiger partial charge >= 0.3 is 0 Å². The molecule has 2 heterocycles. The van der Waals surface area contributed by atoms with Gasteiger partial charge in [-0.1, -0.05) is 68.4 Å². The number of anilines is 1. The maximum atomic E-state index is 12.9. The van der Waals surface area contributed by atoms with Gasteiger partial charge in [0.05, 0.1) is 25.5 Å². The van der Waals surface area contributed by atoms with Crippen molar-refractivity contribution in [1.82, 2.24) is 4.90 Å². The lowest BCUT2D eigenvalue weighted by molar-refractivity contribution is -0.133. The Morgan fingerprint density at radius 2 is 1.59 bits per heavy atom. The van der Waals surface area contributed by atoms with Gasteiger partial charge in [0, 0.05) is 32.1 Å². The second-order valence-corrected chi connectivity index (χ2v) is 10.9. The normalized spacial score (nSPS) is 21.6. The van der Waals surface area contributed by atoms with E-state index in [0.717, 1.165) is 37.6 Å². The third-order valence-corrected chi connectivity index (χ3v) is 8.18. The number of carbonyl (C=O) groups excluding carboxylic acids is 1. The van der Waals surface area contributed by atoms with Crippen LogP contribution >= 0.6 is 0 Å². The molecule has 6 nitrogen and oxygen atoms in total. The van der Waals surface area contributed by atoms with Crippen molar-refractivity contribution in [3.8, 4) is 11.5 Å². The quantitative estimate of drug-likeness (QED) is 0.362. The Bertz CT molecular complexity index is 1210. The SMILES string of the molecule is COc1ccccc1N1CCN(C(=O)COc2ccc([C@@H]3OC[C@@H](c4ccccc4)C[C@H]3C(C)C)cc2)CC1. The largest absolute Gasteiger partial charge is 0.495 e. The van der Waals surface area contributed by atoms with E-state index >= 15 is 0 Å². The Hall–Kier alpha value is -3.51. The lowest BCUT2D eigenvalue weighted by Crippen LogP contribution is -2.50. The second-order valence-electron chi connectivity index (χ2n) is 10.9. The first-order chi connectivity index (χ1) is 19.0. The number of para-hydroxylation sites is 2. The molecule has 2 aliphatic rings. The van der Waals surface area contributed by atoms with E-state index in [1.54, 1.807) is 7.11 Å². The predicted octanol–water partition coefficient (Wildman–Crippen LogP) is 5.94. The number of amides is 1. The molecule has 0 bridgehead atoms. The summed E-state index contributed by atoms with van der Waals surface area (Å²) in [7, 11) is 1.69. The fraction of sp³-hybridized carbons (Fsp3) is 0.424. The van der Waals surface area contributed by atoms with Crippen LogP contribution in [0.1, 0.15) is 43.4 Å². The maximum absolute atomic E-state index is 12.9. The van der Waals surface area contributed by atoms with E-state index in [2.05, 4.69) is 67.3 Å². The van der Waals surface area contributed by atoms with Gasteiger partial charge in [0.25, 0.3) is 5.91 Å². The van der Waals surface area contributed by atoms with Gasteiger partial charge in [-0.3, -0.25) is 4.79 Å². The lowest BCUT2D eigenvalue weighted by atomic mass is 9.76. The van der Waals surface area contributed by atoms with Crippen molar-refractivity contribution in [2.24, 2.45) is 11.8 Å². The molecule has 3 aromatic carbocycles. The minimum absolute atomic E-state index is 0.0150. The van der Waals surface area contributed by atoms with Gasteiger partial charge in [0.2, 0.25) is 0 Å². The Morgan fingerprint density at radius 3 is 2.28 bits per heavy atom. The van der Waals surface area contributed by atoms with Crippen LogP contribution in [0.5, 0.6) is 11.5 Å². The number of rotatable bonds is 8. The second kappa shape index (κ2) is 12.6. The van der Waals surface area contributed by atoms with Crippen LogP contribution in [0.3, 0.4) is 0 Å². The number of hydrogen-bond donors (Lipinski definition) is 0. The minimum atomic E-state index is 0.0150. The molecule has 0 saturated carbocycles. The molecule has 3 atom stereocenters. The predicted molar refractivity (Wildman–Crippen MR) is 155 cm³/mol. The van der Waals surface area contributed by atoms with Crippen molar-refractivity contribution in [1.29, 1.82) is 0 Å². The van der Waals surface area contributed by atoms with Crippen LogP contribution in [0, 0.1) is 11.8 Å². The zero-order chi connectivity index (χ0) is 27.2. The van der Waals surface area contributed by atoms with E-state index in [1.165, 1.54) is 11.1 Å². The zero-order valence-electron chi connectivity index (χ0n) is 23.3. The van der Waals surface area contributed by atoms with Gasteiger partial charge in [-0.15, -0.1) is 0 Å². The first-order valence-corrected chi connectivity index (χ1v) is 14.1. The minimum Gasteiger partial charge on any atom is -0.495 e. The molecule has 2 fully saturated rings. The molecule has 0 spiro atoms. The van der Waals surface area contributed by atoms with Gasteiger partial charge in [-0.2, -0.15) is 0 Å². The molecule has 0 N–H and O–H groups in total. The summed E-state index contributed by atoms with van der Waals surface area (Å²) in [6.45, 7) is 8.21. The van der Waals surface area contributed by atoms with Crippen molar-refractivity contribution in [2.75, 3.05) is 51.4 Å². The van der Waals surface area contributed by atoms with Crippen LogP contribution in [0.4, 0.5) is 5.69 Å². The average molecular weight is 529 g/mol. The smallest absolute Gasteiger partial charge is 0.260 e. The summed E-state index contributed by atoms with van der Waals surface area (Å²) in [5, 5.41) is 0. The van der Waals surface area contributed by atoms with E-state index in [1.807, 2.05) is 35.2 Å². The molecule has 2 aliphatic heterocycles. The van der Waals surface area contributed by atoms with E-state index in [9.17, 15) is 4.79 Å². The van der Waals surface area contributed by atoms with Crippen LogP contribution in [-0.4, -0.2) is 57.3 Å². The maximum Gasteiger partial charge on any atom is 0.260 e. The van der Waals surface area contributed by atoms with Crippen molar-refractivity contribution < 1.29 is 19.0 Å². The highest BCUT2D eigenvalue weighted by molar-refractivity contribution is 5.78. The van der Waals surface area contributed by atoms with Crippen molar-refractivity contribution in [3.63, 3.8) is 0 Å². The van der Waals surface area contributed by atoms with Crippen molar-refractivity contribution in [3.05, 3.63) is 90.0 Å². The number of carbonyl (C=O) groups is 1. The number of methoxy groups -OCH3 is 1. The van der Waals surface area contributed by atoms with Gasteiger partial charge in [-0.25, -0.2) is 0 Å². The first-order valence-electron chi connectivity index (χ1n) is 14.1. The molecule has 0 unspecified atom stereocenters. The summed E-state index contributed by atoms with van der Waals surface area (Å²) >= 11 is 0. The summed E-state index contributed by atoms with van der Waals surface area (Å²) in [5.74, 6) is 2.96. The van der Waals surface area contributed by atoms with Crippen LogP contribution in [0.2, 0.25) is 0 Å². The highest BCUT2D eigenvalue weighted by atomic mass is 16.5. The average Bonchev–Trinajstić information content (AvgIpc) is 3.00. The zero-order valence-corrected chi connectivity index (χ0v) is 23.3. The van der Waals surface area contributed by atoms with E-state index < -0.39 is 0 Å². The molecular formula is C33H40N2O4. The van der Waals surface area contributed by atoms with Gasteiger partial charge in [-0.05, 0) is 53.6 Å². The summed E-state index contributed by atoms with van der Waals surface area (Å²) < 4.78 is 17.9. The van der Waals surface area contributed by atoms with Crippen molar-refractivity contribution >= 4 is 11.6 Å². The highest BCUT2D eigenvalue weighted by Crippen LogP contribution is 2.43. The van der Waals surface area contributed by atoms with Gasteiger partial charge in [0.1, 0.15) is 11.5 Å². The van der Waals surface area contributed by atoms with Crippen LogP contribution in [0.25, 0.3) is 0 Å². The third kappa shape index (κ3) is 6.39. The molecule has 5 rings (SSSR count). The van der Waals surface area contributed by atoms with Gasteiger partial charge in [0.15, 0.2) is 6.61 Å². The Kier molecular flexibility index (Phi) is 8.72. The first kappa shape index (κ1) is 27.1. The monoisotopic (exact) mass is 528 g/mol. The standard InChI is InChI=1S/C33H40N2O4/c1-24(2)29-21-27(25-9-5-4-6-10-25)22-39-33(29)26-13-15-28(16-14-26)38-23-32(36)35-19-17-34(18-20-35)30-11-7-8-12-31(30)37-3/h4-16,24,27,29,33H,17-23H2,1-3H3/t27-,29-,33-/m0/s1. The fourth-order valence-corrected chi connectivity index (χ4v) is 5.86. The van der Waals surface area contributed by atoms with Crippen LogP contribution in [0.15, 0.2) is 78.9 Å². The van der Waals surface area contributed by atoms with Crippen LogP contribution in [-0.2, 0) is 9.53 Å². The highest BCUT2D eigenvalue weighted by Gasteiger charge is 2.35. The van der Waals surface area contributed by atoms with Crippen LogP contribution < -0.4 is 14.4 Å². The van der Waals surface area contributed by atoms with E-state index in [0.29, 0.717) is 36.6 Å². The molecule has 0 aromatic heterocycles. The van der Waals surface area contributed by atoms with Crippen molar-refractivity contribution in [2.45, 2.75) is 32.3 Å². The van der Waals surface area contributed by atoms with E-state index in [4.69, 9.17) is 14.2 Å². The summed E-state index contributed by atoms with van der Waals surface area (Å²) in [4.78, 5) is 17.0. The molecule has 1 amide bonds. The Labute approximate surface area is 232 Å². The Morgan fingerprint density at radius 1 is 0.897 bits per heavy atom. The summed E-state index contributed by atoms with van der Waals surface area (Å²) in [6, 6.07) is 26.8. The molecular weight excluding hydrogens is 488 g/mol. The molecule has 6 heteroatoms. The Balaban J connectivity index is 1.13. The van der Waals surface area contributed by atoms with E-state index in [-0.39, 0.29) is 18.6 Å². The number of nitrogens with zero attached hydrogens (tertiary/aromatic N) is 2. The van der Waals surface area contributed by atoms with Gasteiger partial charge < -0.3 is 24.0 Å². The molecule has 206 valence electrons.